The van der Waals surface area contributed by atoms with Gasteiger partial charge in [0.25, 0.3) is 0 Å². The Morgan fingerprint density at radius 3 is 2.85 bits per heavy atom. The molecule has 1 heterocycles. The molecular weight excluding hydrogens is 276 g/mol. The highest BCUT2D eigenvalue weighted by Crippen LogP contribution is 2.39. The summed E-state index contributed by atoms with van der Waals surface area (Å²) in [5.41, 5.74) is 1.71. The van der Waals surface area contributed by atoms with Crippen LogP contribution >= 0.6 is 11.6 Å². The third kappa shape index (κ3) is 2.50. The first-order chi connectivity index (χ1) is 9.69. The van der Waals surface area contributed by atoms with Crippen LogP contribution in [0.1, 0.15) is 44.2 Å². The number of nitrogens with one attached hydrogen (secondary N) is 2. The highest BCUT2D eigenvalue weighted by atomic mass is 35.5. The average molecular weight is 295 g/mol. The van der Waals surface area contributed by atoms with Crippen molar-refractivity contribution in [3.05, 3.63) is 22.7 Å². The van der Waals surface area contributed by atoms with Gasteiger partial charge in [0.05, 0.1) is 11.1 Å². The number of halogens is 1. The molecule has 1 fully saturated rings. The van der Waals surface area contributed by atoms with Gasteiger partial charge in [-0.25, -0.2) is 0 Å². The van der Waals surface area contributed by atoms with Gasteiger partial charge < -0.3 is 15.4 Å². The molecule has 1 aliphatic heterocycles. The van der Waals surface area contributed by atoms with Gasteiger partial charge in [-0.2, -0.15) is 0 Å². The Labute approximate surface area is 123 Å². The maximum absolute atomic E-state index is 11.9. The first-order valence-electron chi connectivity index (χ1n) is 7.23. The minimum atomic E-state index is -0.312. The van der Waals surface area contributed by atoms with E-state index in [1.54, 1.807) is 0 Å². The van der Waals surface area contributed by atoms with Gasteiger partial charge in [0.15, 0.2) is 0 Å². The van der Waals surface area contributed by atoms with Gasteiger partial charge in [-0.15, -0.1) is 0 Å². The molecule has 1 atom stereocenters. The highest BCUT2D eigenvalue weighted by molar-refractivity contribution is 6.32. The van der Waals surface area contributed by atoms with Crippen LogP contribution in [0.15, 0.2) is 12.1 Å². The topological polar surface area (TPSA) is 50.4 Å². The summed E-state index contributed by atoms with van der Waals surface area (Å²) in [4.78, 5) is 11.9. The number of benzene rings is 1. The average Bonchev–Trinajstić information content (AvgIpc) is 3.01. The van der Waals surface area contributed by atoms with Crippen molar-refractivity contribution < 1.29 is 9.53 Å². The number of anilines is 1. The maximum Gasteiger partial charge on any atom is 0.246 e. The summed E-state index contributed by atoms with van der Waals surface area (Å²) in [6.45, 7) is 2.71. The molecule has 1 aromatic carbocycles. The van der Waals surface area contributed by atoms with Crippen LogP contribution in [0.4, 0.5) is 5.69 Å². The Bertz CT molecular complexity index is 527. The number of ether oxygens (including phenoxy) is 1. The van der Waals surface area contributed by atoms with Gasteiger partial charge in [0.2, 0.25) is 5.91 Å². The Hall–Kier alpha value is -1.26. The van der Waals surface area contributed by atoms with Crippen LogP contribution < -0.4 is 15.4 Å². The Balaban J connectivity index is 1.85. The predicted molar refractivity (Wildman–Crippen MR) is 79.4 cm³/mol. The SMILES string of the molecule is CCNC1C(=O)Nc2cc(OC3CCCC3)c(Cl)cc21. The third-order valence-corrected chi connectivity index (χ3v) is 4.23. The van der Waals surface area contributed by atoms with Crippen LogP contribution in [-0.4, -0.2) is 18.6 Å². The molecule has 20 heavy (non-hydrogen) atoms. The molecule has 1 aromatic rings. The number of rotatable bonds is 4. The molecule has 0 saturated heterocycles. The van der Waals surface area contributed by atoms with Crippen LogP contribution in [0.5, 0.6) is 5.75 Å². The molecule has 4 nitrogen and oxygen atoms in total. The van der Waals surface area contributed by atoms with Crippen molar-refractivity contribution in [2.75, 3.05) is 11.9 Å². The summed E-state index contributed by atoms with van der Waals surface area (Å²) in [6, 6.07) is 3.38. The van der Waals surface area contributed by atoms with E-state index in [1.807, 2.05) is 19.1 Å². The molecule has 5 heteroatoms. The van der Waals surface area contributed by atoms with E-state index < -0.39 is 0 Å². The fourth-order valence-electron chi connectivity index (χ4n) is 2.94. The van der Waals surface area contributed by atoms with Gasteiger partial charge >= 0.3 is 0 Å². The van der Waals surface area contributed by atoms with E-state index in [2.05, 4.69) is 10.6 Å². The van der Waals surface area contributed by atoms with E-state index in [9.17, 15) is 4.79 Å². The number of carbonyl (C=O) groups excluding carboxylic acids is 1. The minimum absolute atomic E-state index is 0.0315. The summed E-state index contributed by atoms with van der Waals surface area (Å²) in [5, 5.41) is 6.62. The second-order valence-electron chi connectivity index (χ2n) is 5.37. The van der Waals surface area contributed by atoms with Crippen LogP contribution in [0, 0.1) is 0 Å². The number of amides is 1. The van der Waals surface area contributed by atoms with Gasteiger partial charge in [-0.3, -0.25) is 4.79 Å². The number of hydrogen-bond acceptors (Lipinski definition) is 3. The van der Waals surface area contributed by atoms with Crippen molar-refractivity contribution in [2.24, 2.45) is 0 Å². The number of likely N-dealkylation sites (N-methyl/N-ethyl adjacent to an activating group) is 1. The summed E-state index contributed by atoms with van der Waals surface area (Å²) < 4.78 is 5.96. The molecule has 1 amide bonds. The molecule has 3 rings (SSSR count). The fraction of sp³-hybridized carbons (Fsp3) is 0.533. The quantitative estimate of drug-likeness (QED) is 0.896. The van der Waals surface area contributed by atoms with Crippen LogP contribution in [0.25, 0.3) is 0 Å². The van der Waals surface area contributed by atoms with Gasteiger partial charge in [-0.05, 0) is 38.3 Å². The summed E-state index contributed by atoms with van der Waals surface area (Å²) >= 11 is 6.31. The Kier molecular flexibility index (Phi) is 3.85. The van der Waals surface area contributed by atoms with E-state index in [0.717, 1.165) is 30.6 Å². The van der Waals surface area contributed by atoms with Crippen molar-refractivity contribution in [3.8, 4) is 5.75 Å². The molecule has 0 radical (unpaired) electrons. The summed E-state index contributed by atoms with van der Waals surface area (Å²) in [5.74, 6) is 0.644. The smallest absolute Gasteiger partial charge is 0.246 e. The molecule has 0 aromatic heterocycles. The molecule has 2 aliphatic rings. The van der Waals surface area contributed by atoms with Crippen molar-refractivity contribution >= 4 is 23.2 Å². The lowest BCUT2D eigenvalue weighted by atomic mass is 10.1. The van der Waals surface area contributed by atoms with Crippen LogP contribution in [0.3, 0.4) is 0 Å². The van der Waals surface area contributed by atoms with Crippen molar-refractivity contribution in [2.45, 2.75) is 44.8 Å². The lowest BCUT2D eigenvalue weighted by Gasteiger charge is -2.16. The van der Waals surface area contributed by atoms with E-state index >= 15 is 0 Å². The number of hydrogen-bond donors (Lipinski definition) is 2. The largest absolute Gasteiger partial charge is 0.489 e. The number of carbonyl (C=O) groups is 1. The van der Waals surface area contributed by atoms with E-state index in [1.165, 1.54) is 12.8 Å². The molecular formula is C15H19ClN2O2. The van der Waals surface area contributed by atoms with Gasteiger partial charge in [0, 0.05) is 17.3 Å². The molecule has 0 spiro atoms. The Morgan fingerprint density at radius 1 is 1.40 bits per heavy atom. The normalized spacial score (nSPS) is 21.9. The van der Waals surface area contributed by atoms with E-state index in [4.69, 9.17) is 16.3 Å². The van der Waals surface area contributed by atoms with Gasteiger partial charge in [0.1, 0.15) is 11.8 Å². The first-order valence-corrected chi connectivity index (χ1v) is 7.61. The van der Waals surface area contributed by atoms with Crippen LogP contribution in [0.2, 0.25) is 5.02 Å². The van der Waals surface area contributed by atoms with E-state index in [-0.39, 0.29) is 18.1 Å². The highest BCUT2D eigenvalue weighted by Gasteiger charge is 2.31. The van der Waals surface area contributed by atoms with Crippen molar-refractivity contribution in [1.29, 1.82) is 0 Å². The second kappa shape index (κ2) is 5.62. The van der Waals surface area contributed by atoms with Gasteiger partial charge in [-0.1, -0.05) is 18.5 Å². The standard InChI is InChI=1S/C15H19ClN2O2/c1-2-17-14-10-7-11(16)13(8-12(10)18-15(14)19)20-9-5-3-4-6-9/h7-9,14,17H,2-6H2,1H3,(H,18,19). The predicted octanol–water partition coefficient (Wildman–Crippen LogP) is 3.26. The first kappa shape index (κ1) is 13.7. The van der Waals surface area contributed by atoms with Crippen molar-refractivity contribution in [1.82, 2.24) is 5.32 Å². The zero-order valence-corrected chi connectivity index (χ0v) is 12.3. The molecule has 0 bridgehead atoms. The molecule has 1 saturated carbocycles. The molecule has 1 aliphatic carbocycles. The van der Waals surface area contributed by atoms with Crippen molar-refractivity contribution in [3.63, 3.8) is 0 Å². The van der Waals surface area contributed by atoms with E-state index in [0.29, 0.717) is 10.8 Å². The fourth-order valence-corrected chi connectivity index (χ4v) is 3.16. The summed E-state index contributed by atoms with van der Waals surface area (Å²) in [7, 11) is 0. The van der Waals surface area contributed by atoms with Crippen LogP contribution in [-0.2, 0) is 4.79 Å². The lowest BCUT2D eigenvalue weighted by Crippen LogP contribution is -2.27. The lowest BCUT2D eigenvalue weighted by molar-refractivity contribution is -0.117. The zero-order chi connectivity index (χ0) is 14.1. The second-order valence-corrected chi connectivity index (χ2v) is 5.78. The molecule has 1 unspecified atom stereocenters. The summed E-state index contributed by atoms with van der Waals surface area (Å²) in [6.07, 6.45) is 4.85. The third-order valence-electron chi connectivity index (χ3n) is 3.94. The molecule has 2 N–H and O–H groups in total. The minimum Gasteiger partial charge on any atom is -0.489 e. The Morgan fingerprint density at radius 2 is 2.15 bits per heavy atom. The maximum atomic E-state index is 11.9. The number of fused-ring (bicyclic) bond motifs is 1. The molecule has 108 valence electrons. The monoisotopic (exact) mass is 294 g/mol. The zero-order valence-electron chi connectivity index (χ0n) is 11.5.